The first-order chi connectivity index (χ1) is 15.5. The van der Waals surface area contributed by atoms with Crippen LogP contribution >= 0.6 is 0 Å². The van der Waals surface area contributed by atoms with Crippen LogP contribution in [0, 0.1) is 5.82 Å². The summed E-state index contributed by atoms with van der Waals surface area (Å²) >= 11 is 0. The highest BCUT2D eigenvalue weighted by Crippen LogP contribution is 2.43. The predicted molar refractivity (Wildman–Crippen MR) is 103 cm³/mol. The minimum atomic E-state index is -3.42. The minimum absolute atomic E-state index is 0.0693. The van der Waals surface area contributed by atoms with Crippen LogP contribution in [0.1, 0.15) is 48.8 Å². The van der Waals surface area contributed by atoms with Crippen molar-refractivity contribution in [3.8, 4) is 0 Å². The van der Waals surface area contributed by atoms with Crippen LogP contribution in [-0.2, 0) is 25.4 Å². The molecule has 0 fully saturated rings. The average molecular weight is 477 g/mol. The highest BCUT2D eigenvalue weighted by Gasteiger charge is 2.48. The smallest absolute Gasteiger partial charge is 0.322 e. The lowest BCUT2D eigenvalue weighted by atomic mass is 9.94. The Morgan fingerprint density at radius 2 is 2.09 bits per heavy atom. The second kappa shape index (κ2) is 8.19. The third-order valence-corrected chi connectivity index (χ3v) is 6.05. The molecule has 2 amide bonds. The molecular formula is C20H21F6N5O2. The Bertz CT molecular complexity index is 1080. The molecule has 33 heavy (non-hydrogen) atoms. The van der Waals surface area contributed by atoms with E-state index in [-0.39, 0.29) is 18.5 Å². The Kier molecular flexibility index (Phi) is 5.79. The molecule has 2 aromatic rings. The molecule has 0 saturated carbocycles. The van der Waals surface area contributed by atoms with Crippen LogP contribution in [0.15, 0.2) is 12.3 Å². The fourth-order valence-electron chi connectivity index (χ4n) is 4.26. The highest BCUT2D eigenvalue weighted by molar-refractivity contribution is 5.90. The van der Waals surface area contributed by atoms with E-state index in [1.807, 2.05) is 0 Å². The number of urea groups is 1. The van der Waals surface area contributed by atoms with Gasteiger partial charge in [0, 0.05) is 30.6 Å². The lowest BCUT2D eigenvalue weighted by molar-refractivity contribution is -0.0474. The van der Waals surface area contributed by atoms with Gasteiger partial charge in [-0.1, -0.05) is 0 Å². The number of halogens is 6. The van der Waals surface area contributed by atoms with E-state index < -0.39 is 79.0 Å². The number of anilines is 1. The Morgan fingerprint density at radius 3 is 2.76 bits per heavy atom. The molecule has 0 aliphatic carbocycles. The number of nitrogens with one attached hydrogen (secondary N) is 1. The van der Waals surface area contributed by atoms with Crippen molar-refractivity contribution in [1.29, 1.82) is 0 Å². The van der Waals surface area contributed by atoms with Crippen LogP contribution in [0.3, 0.4) is 0 Å². The normalized spacial score (nSPS) is 24.3. The zero-order chi connectivity index (χ0) is 24.1. The van der Waals surface area contributed by atoms with E-state index in [2.05, 4.69) is 15.4 Å². The van der Waals surface area contributed by atoms with Gasteiger partial charge in [0.2, 0.25) is 0 Å². The van der Waals surface area contributed by atoms with E-state index in [1.165, 1.54) is 0 Å². The van der Waals surface area contributed by atoms with Gasteiger partial charge in [0.1, 0.15) is 23.7 Å². The number of hydrogen-bond donors (Lipinski definition) is 2. The lowest BCUT2D eigenvalue weighted by Gasteiger charge is -2.33. The summed E-state index contributed by atoms with van der Waals surface area (Å²) in [5.41, 5.74) is -3.76. The number of carbonyl (C=O) groups excluding carboxylic acids is 1. The molecule has 4 heterocycles. The molecule has 0 radical (unpaired) electrons. The van der Waals surface area contributed by atoms with Crippen LogP contribution in [0.5, 0.6) is 0 Å². The molecule has 0 aromatic carbocycles. The maximum absolute atomic E-state index is 15.0. The molecule has 1 unspecified atom stereocenters. The van der Waals surface area contributed by atoms with Crippen molar-refractivity contribution >= 4 is 11.7 Å². The molecule has 7 nitrogen and oxygen atoms in total. The largest absolute Gasteiger partial charge is 0.385 e. The third kappa shape index (κ3) is 4.13. The van der Waals surface area contributed by atoms with Crippen molar-refractivity contribution in [3.05, 3.63) is 40.7 Å². The zero-order valence-corrected chi connectivity index (χ0v) is 17.5. The topological polar surface area (TPSA) is 83.3 Å². The van der Waals surface area contributed by atoms with Gasteiger partial charge in [-0.15, -0.1) is 0 Å². The second-order valence-corrected chi connectivity index (χ2v) is 8.46. The van der Waals surface area contributed by atoms with E-state index in [4.69, 9.17) is 0 Å². The van der Waals surface area contributed by atoms with Crippen molar-refractivity contribution < 1.29 is 36.2 Å². The van der Waals surface area contributed by atoms with E-state index >= 15 is 0 Å². The van der Waals surface area contributed by atoms with Gasteiger partial charge in [-0.2, -0.15) is 13.9 Å². The summed E-state index contributed by atoms with van der Waals surface area (Å²) in [6.45, 7) is -0.358. The van der Waals surface area contributed by atoms with Gasteiger partial charge in [0.25, 0.3) is 12.3 Å². The van der Waals surface area contributed by atoms with Gasteiger partial charge in [0.15, 0.2) is 5.82 Å². The van der Waals surface area contributed by atoms with Crippen molar-refractivity contribution in [1.82, 2.24) is 19.7 Å². The average Bonchev–Trinajstić information content (AvgIpc) is 3.05. The first-order valence-electron chi connectivity index (χ1n) is 10.2. The predicted octanol–water partition coefficient (Wildman–Crippen LogP) is 3.92. The van der Waals surface area contributed by atoms with E-state index in [9.17, 15) is 36.2 Å². The van der Waals surface area contributed by atoms with E-state index in [0.29, 0.717) is 5.69 Å². The molecule has 0 bridgehead atoms. The molecule has 2 atom stereocenters. The van der Waals surface area contributed by atoms with Crippen molar-refractivity contribution in [3.63, 3.8) is 0 Å². The van der Waals surface area contributed by atoms with Gasteiger partial charge in [0.05, 0.1) is 24.5 Å². The summed E-state index contributed by atoms with van der Waals surface area (Å²) < 4.78 is 84.2. The molecule has 2 aliphatic rings. The first-order valence-corrected chi connectivity index (χ1v) is 10.2. The SMILES string of the molecule is C[C@@H]1Cc2nn3c(c2CN1C(=O)Nc1ccnc(C(F)F)c1F)C(F)(F)CCC(O)(CF)C3. The summed E-state index contributed by atoms with van der Waals surface area (Å²) in [5, 5.41) is 16.7. The zero-order valence-electron chi connectivity index (χ0n) is 17.5. The van der Waals surface area contributed by atoms with Crippen LogP contribution in [-0.4, -0.2) is 49.1 Å². The van der Waals surface area contributed by atoms with Gasteiger partial charge >= 0.3 is 6.03 Å². The number of fused-ring (bicyclic) bond motifs is 3. The summed E-state index contributed by atoms with van der Waals surface area (Å²) in [4.78, 5) is 17.2. The van der Waals surface area contributed by atoms with Crippen molar-refractivity contribution in [2.24, 2.45) is 0 Å². The number of aliphatic hydroxyl groups is 1. The number of hydrogen-bond acceptors (Lipinski definition) is 4. The number of nitrogens with zero attached hydrogens (tertiary/aromatic N) is 4. The van der Waals surface area contributed by atoms with Gasteiger partial charge in [-0.05, 0) is 19.4 Å². The van der Waals surface area contributed by atoms with E-state index in [0.717, 1.165) is 21.8 Å². The Morgan fingerprint density at radius 1 is 1.36 bits per heavy atom. The molecule has 180 valence electrons. The fraction of sp³-hybridized carbons (Fsp3) is 0.550. The fourth-order valence-corrected chi connectivity index (χ4v) is 4.26. The maximum atomic E-state index is 15.0. The number of alkyl halides is 5. The number of pyridine rings is 1. The first kappa shape index (κ1) is 23.3. The number of amides is 2. The van der Waals surface area contributed by atoms with E-state index in [1.54, 1.807) is 6.92 Å². The monoisotopic (exact) mass is 477 g/mol. The quantitative estimate of drug-likeness (QED) is 0.657. The number of aromatic nitrogens is 3. The van der Waals surface area contributed by atoms with Crippen molar-refractivity contribution in [2.45, 2.75) is 63.3 Å². The second-order valence-electron chi connectivity index (χ2n) is 8.46. The Balaban J connectivity index is 1.64. The number of rotatable bonds is 3. The van der Waals surface area contributed by atoms with Crippen LogP contribution in [0.4, 0.5) is 36.8 Å². The molecule has 2 N–H and O–H groups in total. The van der Waals surface area contributed by atoms with Crippen LogP contribution in [0.25, 0.3) is 0 Å². The van der Waals surface area contributed by atoms with Gasteiger partial charge in [-0.3, -0.25) is 9.67 Å². The molecule has 0 saturated heterocycles. The molecule has 0 spiro atoms. The van der Waals surface area contributed by atoms with Crippen molar-refractivity contribution in [2.75, 3.05) is 12.0 Å². The standard InChI is InChI=1S/C20H21F6N5O2/c1-10-6-13-11(16-20(25,26)4-3-19(33,8-21)9-31(16)29-13)7-30(10)18(32)28-12-2-5-27-15(14(12)22)17(23)24/h2,5,10,17,33H,3-4,6-9H2,1H3,(H,27,28,32)/t10-,19?/m1/s1. The van der Waals surface area contributed by atoms with Gasteiger partial charge < -0.3 is 15.3 Å². The molecule has 4 rings (SSSR count). The maximum Gasteiger partial charge on any atom is 0.322 e. The summed E-state index contributed by atoms with van der Waals surface area (Å²) in [6, 6.07) is -0.419. The molecule has 2 aliphatic heterocycles. The molecule has 2 aromatic heterocycles. The van der Waals surface area contributed by atoms with Crippen LogP contribution in [0.2, 0.25) is 0 Å². The Labute approximate surface area is 184 Å². The summed E-state index contributed by atoms with van der Waals surface area (Å²) in [6.07, 6.45) is -3.46. The van der Waals surface area contributed by atoms with Crippen LogP contribution < -0.4 is 5.32 Å². The lowest BCUT2D eigenvalue weighted by Crippen LogP contribution is -2.45. The summed E-state index contributed by atoms with van der Waals surface area (Å²) in [5.74, 6) is -4.81. The Hall–Kier alpha value is -2.83. The molecule has 13 heteroatoms. The molecular weight excluding hydrogens is 456 g/mol. The van der Waals surface area contributed by atoms with Gasteiger partial charge in [-0.25, -0.2) is 22.4 Å². The number of carbonyl (C=O) groups is 1. The third-order valence-electron chi connectivity index (χ3n) is 6.05. The summed E-state index contributed by atoms with van der Waals surface area (Å²) in [7, 11) is 0. The highest BCUT2D eigenvalue weighted by atomic mass is 19.3. The minimum Gasteiger partial charge on any atom is -0.385 e.